The highest BCUT2D eigenvalue weighted by Gasteiger charge is 2.40. The molecule has 2 aromatic rings. The van der Waals surface area contributed by atoms with Crippen LogP contribution in [0.5, 0.6) is 5.75 Å². The summed E-state index contributed by atoms with van der Waals surface area (Å²) < 4.78 is 5.55. The van der Waals surface area contributed by atoms with Crippen molar-refractivity contribution in [2.45, 2.75) is 31.6 Å². The highest BCUT2D eigenvalue weighted by Crippen LogP contribution is 2.44. The predicted molar refractivity (Wildman–Crippen MR) is 114 cm³/mol. The molecule has 1 aliphatic heterocycles. The van der Waals surface area contributed by atoms with Gasteiger partial charge in [0.15, 0.2) is 5.78 Å². The number of hydrogen-bond acceptors (Lipinski definition) is 3. The Morgan fingerprint density at radius 2 is 1.86 bits per heavy atom. The normalized spacial score (nSPS) is 19.2. The second-order valence-corrected chi connectivity index (χ2v) is 7.65. The molecule has 2 aromatic carbocycles. The van der Waals surface area contributed by atoms with Crippen LogP contribution in [0.15, 0.2) is 72.5 Å². The summed E-state index contributed by atoms with van der Waals surface area (Å²) in [6.07, 6.45) is 3.87. The van der Waals surface area contributed by atoms with Crippen molar-refractivity contribution >= 4 is 29.0 Å². The smallest absolute Gasteiger partial charge is 0.232 e. The van der Waals surface area contributed by atoms with Crippen molar-refractivity contribution in [3.8, 4) is 5.75 Å². The van der Waals surface area contributed by atoms with Crippen LogP contribution >= 0.6 is 11.6 Å². The number of para-hydroxylation sites is 1. The lowest BCUT2D eigenvalue weighted by Crippen LogP contribution is -2.40. The second-order valence-electron chi connectivity index (χ2n) is 7.24. The molecule has 5 heteroatoms. The van der Waals surface area contributed by atoms with Crippen molar-refractivity contribution in [1.29, 1.82) is 0 Å². The average molecular weight is 408 g/mol. The van der Waals surface area contributed by atoms with Crippen LogP contribution in [0.1, 0.15) is 37.2 Å². The molecule has 0 fully saturated rings. The molecule has 0 N–H and O–H groups in total. The van der Waals surface area contributed by atoms with Gasteiger partial charge in [-0.25, -0.2) is 0 Å². The molecule has 4 rings (SSSR count). The number of nitrogens with zero attached hydrogens (tertiary/aromatic N) is 1. The van der Waals surface area contributed by atoms with E-state index in [2.05, 4.69) is 6.58 Å². The Balaban J connectivity index is 1.76. The maximum atomic E-state index is 13.2. The fourth-order valence-corrected chi connectivity index (χ4v) is 4.36. The van der Waals surface area contributed by atoms with Crippen molar-refractivity contribution < 1.29 is 14.3 Å². The maximum Gasteiger partial charge on any atom is 0.232 e. The van der Waals surface area contributed by atoms with E-state index < -0.39 is 0 Å². The zero-order chi connectivity index (χ0) is 20.4. The van der Waals surface area contributed by atoms with Crippen LogP contribution in [-0.4, -0.2) is 18.3 Å². The van der Waals surface area contributed by atoms with Crippen LogP contribution in [0.25, 0.3) is 0 Å². The lowest BCUT2D eigenvalue weighted by Gasteiger charge is -2.38. The molecule has 1 amide bonds. The quantitative estimate of drug-likeness (QED) is 0.620. The Bertz CT molecular complexity index is 993. The van der Waals surface area contributed by atoms with Gasteiger partial charge < -0.3 is 4.74 Å². The van der Waals surface area contributed by atoms with Crippen molar-refractivity contribution in [3.63, 3.8) is 0 Å². The molecule has 0 bridgehead atoms. The molecule has 1 atom stereocenters. The topological polar surface area (TPSA) is 46.6 Å². The van der Waals surface area contributed by atoms with Crippen molar-refractivity contribution in [2.24, 2.45) is 0 Å². The number of Topliss-reactive ketones (excluding diaryl/α,β-unsaturated/α-hetero) is 1. The highest BCUT2D eigenvalue weighted by molar-refractivity contribution is 6.34. The van der Waals surface area contributed by atoms with Crippen LogP contribution in [0, 0.1) is 0 Å². The first-order chi connectivity index (χ1) is 14.1. The molecule has 0 spiro atoms. The minimum atomic E-state index is -0.238. The number of anilines is 1. The van der Waals surface area contributed by atoms with E-state index in [1.54, 1.807) is 17.0 Å². The molecule has 1 heterocycles. The number of rotatable bonds is 5. The van der Waals surface area contributed by atoms with Crippen LogP contribution in [0.2, 0.25) is 5.02 Å². The van der Waals surface area contributed by atoms with Crippen molar-refractivity contribution in [1.82, 2.24) is 0 Å². The van der Waals surface area contributed by atoms with Crippen molar-refractivity contribution in [3.05, 3.63) is 83.0 Å². The summed E-state index contributed by atoms with van der Waals surface area (Å²) in [4.78, 5) is 27.8. The number of carbonyl (C=O) groups is 2. The number of hydrogen-bond donors (Lipinski definition) is 0. The first kappa shape index (κ1) is 19.5. The van der Waals surface area contributed by atoms with E-state index in [9.17, 15) is 9.59 Å². The van der Waals surface area contributed by atoms with E-state index in [4.69, 9.17) is 16.3 Å². The SMILES string of the molecule is C=CCOc1ccc(C2CC(=O)N(c3ccccc3Cl)C3=C2C(=O)CCC3)cc1. The van der Waals surface area contributed by atoms with Gasteiger partial charge in [0.2, 0.25) is 5.91 Å². The number of amides is 1. The van der Waals surface area contributed by atoms with Gasteiger partial charge in [0.1, 0.15) is 12.4 Å². The Kier molecular flexibility index (Phi) is 5.54. The summed E-state index contributed by atoms with van der Waals surface area (Å²) in [6.45, 7) is 4.08. The number of allylic oxidation sites excluding steroid dienone is 2. The molecular formula is C24H22ClNO3. The lowest BCUT2D eigenvalue weighted by atomic mass is 9.77. The summed E-state index contributed by atoms with van der Waals surface area (Å²) >= 11 is 6.38. The first-order valence-electron chi connectivity index (χ1n) is 9.77. The van der Waals surface area contributed by atoms with Crippen LogP contribution in [-0.2, 0) is 9.59 Å². The number of ketones is 1. The molecule has 2 aliphatic rings. The van der Waals surface area contributed by atoms with Crippen molar-refractivity contribution in [2.75, 3.05) is 11.5 Å². The van der Waals surface area contributed by atoms with Gasteiger partial charge in [-0.2, -0.15) is 0 Å². The summed E-state index contributed by atoms with van der Waals surface area (Å²) in [5.74, 6) is 0.575. The standard InChI is InChI=1S/C24H22ClNO3/c1-2-14-29-17-12-10-16(11-13-17)18-15-23(28)26(20-7-4-3-6-19(20)25)21-8-5-9-22(27)24(18)21/h2-4,6-7,10-13,18H,1,5,8-9,14-15H2. The van der Waals surface area contributed by atoms with Crippen LogP contribution in [0.4, 0.5) is 5.69 Å². The van der Waals surface area contributed by atoms with E-state index in [-0.39, 0.29) is 24.0 Å². The summed E-state index contributed by atoms with van der Waals surface area (Å²) in [5, 5.41) is 0.507. The largest absolute Gasteiger partial charge is 0.490 e. The van der Waals surface area contributed by atoms with E-state index in [0.717, 1.165) is 29.0 Å². The molecule has 0 saturated carbocycles. The van der Waals surface area contributed by atoms with Gasteiger partial charge in [0, 0.05) is 30.0 Å². The van der Waals surface area contributed by atoms with E-state index in [1.165, 1.54) is 0 Å². The van der Waals surface area contributed by atoms with Gasteiger partial charge in [-0.15, -0.1) is 0 Å². The number of carbonyl (C=O) groups excluding carboxylic acids is 2. The van der Waals surface area contributed by atoms with Gasteiger partial charge >= 0.3 is 0 Å². The molecule has 148 valence electrons. The third kappa shape index (κ3) is 3.73. The molecular weight excluding hydrogens is 386 g/mol. The molecule has 0 aromatic heterocycles. The van der Waals surface area contributed by atoms with Crippen LogP contribution in [0.3, 0.4) is 0 Å². The van der Waals surface area contributed by atoms with Crippen LogP contribution < -0.4 is 9.64 Å². The Morgan fingerprint density at radius 1 is 1.10 bits per heavy atom. The minimum absolute atomic E-state index is 0.0384. The fraction of sp³-hybridized carbons (Fsp3) is 0.250. The number of ether oxygens (including phenoxy) is 1. The zero-order valence-corrected chi connectivity index (χ0v) is 16.8. The van der Waals surface area contributed by atoms with Gasteiger partial charge in [-0.3, -0.25) is 14.5 Å². The fourth-order valence-electron chi connectivity index (χ4n) is 4.14. The predicted octanol–water partition coefficient (Wildman–Crippen LogP) is 5.43. The molecule has 4 nitrogen and oxygen atoms in total. The molecule has 1 unspecified atom stereocenters. The molecule has 29 heavy (non-hydrogen) atoms. The average Bonchev–Trinajstić information content (AvgIpc) is 2.73. The summed E-state index contributed by atoms with van der Waals surface area (Å²) in [5.41, 5.74) is 3.14. The van der Waals surface area contributed by atoms with Gasteiger partial charge in [-0.05, 0) is 42.7 Å². The lowest BCUT2D eigenvalue weighted by molar-refractivity contribution is -0.119. The minimum Gasteiger partial charge on any atom is -0.490 e. The molecule has 0 saturated heterocycles. The number of benzene rings is 2. The zero-order valence-electron chi connectivity index (χ0n) is 16.1. The second kappa shape index (κ2) is 8.26. The molecule has 0 radical (unpaired) electrons. The Morgan fingerprint density at radius 3 is 2.59 bits per heavy atom. The van der Waals surface area contributed by atoms with E-state index in [1.807, 2.05) is 42.5 Å². The van der Waals surface area contributed by atoms with E-state index >= 15 is 0 Å². The van der Waals surface area contributed by atoms with Gasteiger partial charge in [-0.1, -0.05) is 48.5 Å². The Labute approximate surface area is 175 Å². The summed E-state index contributed by atoms with van der Waals surface area (Å²) in [6, 6.07) is 14.9. The third-order valence-electron chi connectivity index (χ3n) is 5.42. The number of halogens is 1. The first-order valence-corrected chi connectivity index (χ1v) is 10.2. The molecule has 1 aliphatic carbocycles. The Hall–Kier alpha value is -2.85. The summed E-state index contributed by atoms with van der Waals surface area (Å²) in [7, 11) is 0. The highest BCUT2D eigenvalue weighted by atomic mass is 35.5. The van der Waals surface area contributed by atoms with Gasteiger partial charge in [0.25, 0.3) is 0 Å². The monoisotopic (exact) mass is 407 g/mol. The third-order valence-corrected chi connectivity index (χ3v) is 5.74. The maximum absolute atomic E-state index is 13.2. The van der Waals surface area contributed by atoms with Gasteiger partial charge in [0.05, 0.1) is 10.7 Å². The van der Waals surface area contributed by atoms with E-state index in [0.29, 0.717) is 30.2 Å².